The van der Waals surface area contributed by atoms with Gasteiger partial charge in [0.2, 0.25) is 0 Å². The number of fused-ring (bicyclic) bond motifs is 1. The van der Waals surface area contributed by atoms with Crippen LogP contribution < -0.4 is 4.90 Å². The molecule has 0 aliphatic carbocycles. The molecule has 36 heavy (non-hydrogen) atoms. The lowest BCUT2D eigenvalue weighted by atomic mass is 10.0. The molecule has 1 aliphatic heterocycles. The van der Waals surface area contributed by atoms with Crippen LogP contribution in [-0.4, -0.2) is 52.2 Å². The van der Waals surface area contributed by atoms with Gasteiger partial charge in [-0.3, -0.25) is 4.98 Å². The fourth-order valence-electron chi connectivity index (χ4n) is 4.49. The number of rotatable bonds is 3. The van der Waals surface area contributed by atoms with Crippen LogP contribution in [0.5, 0.6) is 0 Å². The Morgan fingerprint density at radius 2 is 1.86 bits per heavy atom. The quantitative estimate of drug-likeness (QED) is 0.311. The minimum atomic E-state index is -0.535. The molecule has 0 radical (unpaired) electrons. The Morgan fingerprint density at radius 1 is 1.11 bits per heavy atom. The molecular formula is C28H29ClN4O3. The minimum absolute atomic E-state index is 0.0201. The molecule has 1 fully saturated rings. The summed E-state index contributed by atoms with van der Waals surface area (Å²) in [6.45, 7) is 9.26. The number of hydrogen-bond donors (Lipinski definition) is 0. The second-order valence-electron chi connectivity index (χ2n) is 10.0. The normalized spacial score (nSPS) is 16.4. The van der Waals surface area contributed by atoms with Gasteiger partial charge in [-0.2, -0.15) is 4.98 Å². The van der Waals surface area contributed by atoms with Crippen molar-refractivity contribution in [1.29, 1.82) is 0 Å². The molecule has 1 aliphatic rings. The first-order valence-corrected chi connectivity index (χ1v) is 12.4. The van der Waals surface area contributed by atoms with E-state index in [1.807, 2.05) is 75.4 Å². The molecule has 0 N–H and O–H groups in total. The first-order valence-electron chi connectivity index (χ1n) is 12.1. The van der Waals surface area contributed by atoms with E-state index in [9.17, 15) is 4.79 Å². The Bertz CT molecular complexity index is 1380. The van der Waals surface area contributed by atoms with Gasteiger partial charge in [-0.1, -0.05) is 48.0 Å². The van der Waals surface area contributed by atoms with Crippen molar-refractivity contribution in [2.24, 2.45) is 0 Å². The highest BCUT2D eigenvalue weighted by Gasteiger charge is 2.33. The van der Waals surface area contributed by atoms with Gasteiger partial charge in [-0.05, 0) is 51.5 Å². The van der Waals surface area contributed by atoms with Crippen LogP contribution in [0.15, 0.2) is 65.2 Å². The first-order chi connectivity index (χ1) is 17.2. The van der Waals surface area contributed by atoms with Gasteiger partial charge in [-0.15, -0.1) is 0 Å². The van der Waals surface area contributed by atoms with Gasteiger partial charge in [0.05, 0.1) is 10.7 Å². The summed E-state index contributed by atoms with van der Waals surface area (Å²) in [7, 11) is 0. The zero-order valence-corrected chi connectivity index (χ0v) is 21.6. The maximum atomic E-state index is 12.6. The van der Waals surface area contributed by atoms with Crippen LogP contribution in [-0.2, 0) is 4.74 Å². The fraction of sp³-hybridized carbons (Fsp3) is 0.321. The van der Waals surface area contributed by atoms with Crippen molar-refractivity contribution in [2.75, 3.05) is 24.5 Å². The zero-order chi connectivity index (χ0) is 25.4. The van der Waals surface area contributed by atoms with Crippen molar-refractivity contribution >= 4 is 34.8 Å². The molecule has 1 unspecified atom stereocenters. The predicted octanol–water partition coefficient (Wildman–Crippen LogP) is 6.66. The van der Waals surface area contributed by atoms with E-state index in [2.05, 4.69) is 16.8 Å². The van der Waals surface area contributed by atoms with Crippen LogP contribution in [0.1, 0.15) is 27.7 Å². The summed E-state index contributed by atoms with van der Waals surface area (Å²) in [5.74, 6) is 0. The summed E-state index contributed by atoms with van der Waals surface area (Å²) in [5, 5.41) is 0.581. The van der Waals surface area contributed by atoms with Crippen LogP contribution in [0.3, 0.4) is 0 Å². The van der Waals surface area contributed by atoms with Gasteiger partial charge in [-0.25, -0.2) is 4.79 Å². The molecule has 1 amide bonds. The summed E-state index contributed by atoms with van der Waals surface area (Å²) in [5.41, 5.74) is 4.11. The first kappa shape index (κ1) is 24.1. The van der Waals surface area contributed by atoms with Crippen molar-refractivity contribution in [3.8, 4) is 22.4 Å². The molecular weight excluding hydrogens is 476 g/mol. The highest BCUT2D eigenvalue weighted by atomic mass is 35.5. The second-order valence-corrected chi connectivity index (χ2v) is 10.4. The summed E-state index contributed by atoms with van der Waals surface area (Å²) in [6.07, 6.45) is 1.44. The average molecular weight is 505 g/mol. The van der Waals surface area contributed by atoms with Gasteiger partial charge in [0.15, 0.2) is 5.58 Å². The van der Waals surface area contributed by atoms with E-state index in [0.717, 1.165) is 22.4 Å². The number of oxazole rings is 1. The number of halogens is 1. The Morgan fingerprint density at radius 3 is 2.53 bits per heavy atom. The number of carbonyl (C=O) groups excluding carboxylic acids is 1. The number of carbonyl (C=O) groups is 1. The standard InChI is InChI=1S/C28H29ClN4O3/c1-18-17-32(27(34)36-28(2,3)4)14-15-33(18)26-31-24-23(19-10-6-5-7-11-19)21(29)16-20(25(24)35-26)22-12-8-9-13-30-22/h5-13,16,18H,14-15,17H2,1-4H3. The van der Waals surface area contributed by atoms with Gasteiger partial charge in [0, 0.05) is 43.0 Å². The van der Waals surface area contributed by atoms with Gasteiger partial charge in [0.25, 0.3) is 6.01 Å². The highest BCUT2D eigenvalue weighted by Crippen LogP contribution is 2.42. The van der Waals surface area contributed by atoms with E-state index in [1.54, 1.807) is 11.1 Å². The SMILES string of the molecule is CC1CN(C(=O)OC(C)(C)C)CCN1c1nc2c(-c3ccccc3)c(Cl)cc(-c3ccccn3)c2o1. The second kappa shape index (κ2) is 9.47. The Labute approximate surface area is 215 Å². The number of amides is 1. The van der Waals surface area contributed by atoms with Crippen LogP contribution in [0.25, 0.3) is 33.5 Å². The lowest BCUT2D eigenvalue weighted by molar-refractivity contribution is 0.0216. The monoisotopic (exact) mass is 504 g/mol. The topological polar surface area (TPSA) is 71.7 Å². The molecule has 0 saturated carbocycles. The lowest BCUT2D eigenvalue weighted by Gasteiger charge is -2.39. The third-order valence-corrected chi connectivity index (χ3v) is 6.43. The van der Waals surface area contributed by atoms with Crippen molar-refractivity contribution in [3.05, 3.63) is 65.8 Å². The maximum absolute atomic E-state index is 12.6. The third-order valence-electron chi connectivity index (χ3n) is 6.14. The smallest absolute Gasteiger partial charge is 0.410 e. The highest BCUT2D eigenvalue weighted by molar-refractivity contribution is 6.35. The van der Waals surface area contributed by atoms with E-state index < -0.39 is 5.60 Å². The van der Waals surface area contributed by atoms with Crippen molar-refractivity contribution in [2.45, 2.75) is 39.3 Å². The van der Waals surface area contributed by atoms with Gasteiger partial charge >= 0.3 is 6.09 Å². The summed E-state index contributed by atoms with van der Waals surface area (Å²) >= 11 is 6.84. The Hall–Kier alpha value is -3.58. The molecule has 4 aromatic rings. The number of ether oxygens (including phenoxy) is 1. The van der Waals surface area contributed by atoms with Crippen LogP contribution in [0.4, 0.5) is 10.8 Å². The van der Waals surface area contributed by atoms with Crippen molar-refractivity contribution in [1.82, 2.24) is 14.9 Å². The fourth-order valence-corrected chi connectivity index (χ4v) is 4.79. The third kappa shape index (κ3) is 4.75. The van der Waals surface area contributed by atoms with Crippen molar-refractivity contribution in [3.63, 3.8) is 0 Å². The van der Waals surface area contributed by atoms with Gasteiger partial charge in [0.1, 0.15) is 11.1 Å². The number of pyridine rings is 1. The average Bonchev–Trinajstić information content (AvgIpc) is 3.28. The summed E-state index contributed by atoms with van der Waals surface area (Å²) < 4.78 is 12.0. The number of anilines is 1. The van der Waals surface area contributed by atoms with E-state index in [4.69, 9.17) is 25.7 Å². The summed E-state index contributed by atoms with van der Waals surface area (Å²) in [6, 6.07) is 18.1. The molecule has 0 bridgehead atoms. The van der Waals surface area contributed by atoms with Crippen molar-refractivity contribution < 1.29 is 13.9 Å². The van der Waals surface area contributed by atoms with Crippen LogP contribution in [0.2, 0.25) is 5.02 Å². The molecule has 5 rings (SSSR count). The number of nitrogens with zero attached hydrogens (tertiary/aromatic N) is 4. The molecule has 3 heterocycles. The number of hydrogen-bond acceptors (Lipinski definition) is 6. The zero-order valence-electron chi connectivity index (χ0n) is 20.9. The van der Waals surface area contributed by atoms with Gasteiger partial charge < -0.3 is 19.0 Å². The minimum Gasteiger partial charge on any atom is -0.444 e. The Balaban J connectivity index is 1.55. The summed E-state index contributed by atoms with van der Waals surface area (Å²) in [4.78, 5) is 25.9. The van der Waals surface area contributed by atoms with Crippen LogP contribution >= 0.6 is 11.6 Å². The van der Waals surface area contributed by atoms with E-state index >= 15 is 0 Å². The molecule has 2 aromatic carbocycles. The van der Waals surface area contributed by atoms with E-state index in [-0.39, 0.29) is 12.1 Å². The van der Waals surface area contributed by atoms with Crippen LogP contribution in [0, 0.1) is 0 Å². The van der Waals surface area contributed by atoms with E-state index in [1.165, 1.54) is 0 Å². The lowest BCUT2D eigenvalue weighted by Crippen LogP contribution is -2.54. The molecule has 7 nitrogen and oxygen atoms in total. The molecule has 0 spiro atoms. The molecule has 1 atom stereocenters. The number of benzene rings is 2. The molecule has 1 saturated heterocycles. The Kier molecular flexibility index (Phi) is 6.35. The predicted molar refractivity (Wildman–Crippen MR) is 142 cm³/mol. The molecule has 2 aromatic heterocycles. The maximum Gasteiger partial charge on any atom is 0.410 e. The van der Waals surface area contributed by atoms with E-state index in [0.29, 0.717) is 41.8 Å². The number of piperazine rings is 1. The molecule has 186 valence electrons. The molecule has 8 heteroatoms. The number of aromatic nitrogens is 2. The largest absolute Gasteiger partial charge is 0.444 e.